The average Bonchev–Trinajstić information content (AvgIpc) is 3.72. The molecule has 1 aliphatic heterocycles. The molecule has 1 saturated carbocycles. The second kappa shape index (κ2) is 18.8. The first-order valence-electron chi connectivity index (χ1n) is 20.1. The van der Waals surface area contributed by atoms with Gasteiger partial charge in [0.2, 0.25) is 5.91 Å². The van der Waals surface area contributed by atoms with Gasteiger partial charge in [0.15, 0.2) is 6.61 Å². The quantitative estimate of drug-likeness (QED) is 0.127. The lowest BCUT2D eigenvalue weighted by Gasteiger charge is -2.37. The highest BCUT2D eigenvalue weighted by atomic mass is 16.5. The molecular formula is C45H60N4O7. The zero-order valence-corrected chi connectivity index (χ0v) is 34.0. The van der Waals surface area contributed by atoms with Crippen molar-refractivity contribution in [1.82, 2.24) is 20.9 Å². The molecule has 3 aromatic carbocycles. The van der Waals surface area contributed by atoms with E-state index >= 15 is 0 Å². The van der Waals surface area contributed by atoms with Crippen molar-refractivity contribution >= 4 is 23.8 Å². The number of aliphatic hydroxyl groups is 1. The lowest BCUT2D eigenvalue weighted by molar-refractivity contribution is -0.147. The van der Waals surface area contributed by atoms with E-state index in [0.717, 1.165) is 34.2 Å². The van der Waals surface area contributed by atoms with Gasteiger partial charge >= 0.3 is 12.0 Å². The molecule has 11 heteroatoms. The highest BCUT2D eigenvalue weighted by molar-refractivity contribution is 5.89. The summed E-state index contributed by atoms with van der Waals surface area (Å²) in [7, 11) is 0. The Morgan fingerprint density at radius 2 is 1.52 bits per heavy atom. The summed E-state index contributed by atoms with van der Waals surface area (Å²) < 4.78 is 11.6. The van der Waals surface area contributed by atoms with Gasteiger partial charge in [-0.15, -0.1) is 0 Å². The summed E-state index contributed by atoms with van der Waals surface area (Å²) in [5.74, 6) is -0.197. The monoisotopic (exact) mass is 768 g/mol. The molecule has 2 aliphatic rings. The number of carbonyl (C=O) groups excluding carboxylic acids is 4. The highest BCUT2D eigenvalue weighted by Gasteiger charge is 2.66. The third kappa shape index (κ3) is 9.72. The van der Waals surface area contributed by atoms with Gasteiger partial charge in [0.05, 0.1) is 24.2 Å². The summed E-state index contributed by atoms with van der Waals surface area (Å²) in [6.45, 7) is 14.7. The molecule has 0 spiro atoms. The number of urea groups is 1. The van der Waals surface area contributed by atoms with Crippen molar-refractivity contribution < 1.29 is 33.8 Å². The molecule has 5 unspecified atom stereocenters. The molecule has 11 nitrogen and oxygen atoms in total. The van der Waals surface area contributed by atoms with Crippen LogP contribution in [-0.4, -0.2) is 84.4 Å². The van der Waals surface area contributed by atoms with Crippen LogP contribution < -0.4 is 20.7 Å². The zero-order valence-electron chi connectivity index (χ0n) is 34.0. The van der Waals surface area contributed by atoms with E-state index in [1.807, 2.05) is 107 Å². The minimum Gasteiger partial charge on any atom is -0.483 e. The van der Waals surface area contributed by atoms with E-state index < -0.39 is 35.6 Å². The number of ether oxygens (including phenoxy) is 2. The number of carbonyl (C=O) groups is 4. The topological polar surface area (TPSA) is 146 Å². The lowest BCUT2D eigenvalue weighted by Crippen LogP contribution is -2.59. The molecule has 6 atom stereocenters. The van der Waals surface area contributed by atoms with Crippen LogP contribution in [0.25, 0.3) is 0 Å². The Bertz CT molecular complexity index is 1790. The average molecular weight is 769 g/mol. The van der Waals surface area contributed by atoms with Gasteiger partial charge in [0.25, 0.3) is 5.91 Å². The summed E-state index contributed by atoms with van der Waals surface area (Å²) in [5.41, 5.74) is 3.73. The van der Waals surface area contributed by atoms with Gasteiger partial charge in [-0.25, -0.2) is 4.79 Å². The molecule has 1 heterocycles. The first-order valence-corrected chi connectivity index (χ1v) is 20.1. The normalized spacial score (nSPS) is 21.3. The van der Waals surface area contributed by atoms with Gasteiger partial charge in [-0.2, -0.15) is 0 Å². The van der Waals surface area contributed by atoms with Gasteiger partial charge in [0, 0.05) is 19.1 Å². The van der Waals surface area contributed by atoms with E-state index in [4.69, 9.17) is 9.47 Å². The van der Waals surface area contributed by atoms with Crippen molar-refractivity contribution in [3.63, 3.8) is 0 Å². The fourth-order valence-electron chi connectivity index (χ4n) is 8.55. The Kier molecular flexibility index (Phi) is 14.2. The van der Waals surface area contributed by atoms with Gasteiger partial charge < -0.3 is 35.4 Å². The molecule has 0 aromatic heterocycles. The van der Waals surface area contributed by atoms with Crippen LogP contribution >= 0.6 is 0 Å². The summed E-state index contributed by atoms with van der Waals surface area (Å²) in [5, 5.41) is 21.0. The number of aryl methyl sites for hydroxylation is 2. The van der Waals surface area contributed by atoms with Crippen molar-refractivity contribution in [2.75, 3.05) is 26.3 Å². The van der Waals surface area contributed by atoms with Gasteiger partial charge in [-0.1, -0.05) is 100 Å². The van der Waals surface area contributed by atoms with Crippen LogP contribution in [0.2, 0.25) is 0 Å². The molecule has 0 bridgehead atoms. The molecule has 4 N–H and O–H groups in total. The van der Waals surface area contributed by atoms with Gasteiger partial charge in [-0.3, -0.25) is 14.4 Å². The first kappa shape index (κ1) is 42.2. The molecule has 1 aliphatic carbocycles. The number of rotatable bonds is 18. The molecular weight excluding hydrogens is 709 g/mol. The smallest absolute Gasteiger partial charge is 0.318 e. The van der Waals surface area contributed by atoms with E-state index in [0.29, 0.717) is 38.3 Å². The Hall–Kier alpha value is -4.90. The number of benzene rings is 3. The van der Waals surface area contributed by atoms with Crippen LogP contribution in [0.5, 0.6) is 5.75 Å². The zero-order chi connectivity index (χ0) is 40.6. The summed E-state index contributed by atoms with van der Waals surface area (Å²) in [4.78, 5) is 55.1. The number of nitrogens with zero attached hydrogens (tertiary/aromatic N) is 1. The van der Waals surface area contributed by atoms with E-state index in [1.54, 1.807) is 4.90 Å². The lowest BCUT2D eigenvalue weighted by atomic mass is 9.89. The minimum absolute atomic E-state index is 0.138. The Morgan fingerprint density at radius 1 is 0.929 bits per heavy atom. The summed E-state index contributed by atoms with van der Waals surface area (Å²) in [6, 6.07) is 21.1. The largest absolute Gasteiger partial charge is 0.483 e. The van der Waals surface area contributed by atoms with Crippen molar-refractivity contribution in [2.24, 2.45) is 17.8 Å². The molecule has 0 radical (unpaired) electrons. The molecule has 302 valence electrons. The molecule has 3 aromatic rings. The van der Waals surface area contributed by atoms with Crippen LogP contribution in [-0.2, 0) is 37.4 Å². The maximum absolute atomic E-state index is 14.0. The Labute approximate surface area is 331 Å². The number of hydrogen-bond acceptors (Lipinski definition) is 7. The van der Waals surface area contributed by atoms with E-state index in [-0.39, 0.29) is 48.7 Å². The van der Waals surface area contributed by atoms with Crippen molar-refractivity contribution in [3.05, 3.63) is 101 Å². The van der Waals surface area contributed by atoms with Crippen LogP contribution in [0.15, 0.2) is 72.8 Å². The summed E-state index contributed by atoms with van der Waals surface area (Å²) in [6.07, 6.45) is 0.641. The molecule has 4 amide bonds. The predicted octanol–water partition coefficient (Wildman–Crippen LogP) is 5.41. The van der Waals surface area contributed by atoms with Crippen molar-refractivity contribution in [3.8, 4) is 5.75 Å². The standard InChI is InChI=1S/C45H60N4O7/c1-8-55-43(53)45(31(6)32(45)7)35-22-29(4)41(30(5)23-35)56-27-39(51)48-37(25-34-18-13-10-14-19-34)38(50)26-36(24-33-16-11-9-12-17-33)47-42(52)40(28(2)3)49-21-15-20-46-44(49)54/h9-14,16-19,22-23,28,31-32,36-38,40,50H,8,15,20-21,24-27H2,1-7H3,(H,46,54)(H,47,52)(H,48,51)/t31?,32?,36?,37?,38-,40?,45?/m0/s1. The van der Waals surface area contributed by atoms with E-state index in [2.05, 4.69) is 29.8 Å². The second-order valence-corrected chi connectivity index (χ2v) is 15.9. The molecule has 56 heavy (non-hydrogen) atoms. The van der Waals surface area contributed by atoms with E-state index in [1.165, 1.54) is 0 Å². The SMILES string of the molecule is CCOC(=O)C1(c2cc(C)c(OCC(=O)NC(Cc3ccccc3)[C@@H](O)CC(Cc3ccccc3)NC(=O)C(C(C)C)N3CCCNC3=O)c(C)c2)C(C)C1C. The number of nitrogens with one attached hydrogen (secondary N) is 3. The molecule has 2 fully saturated rings. The molecule has 5 rings (SSSR count). The van der Waals surface area contributed by atoms with Gasteiger partial charge in [-0.05, 0) is 92.0 Å². The first-order chi connectivity index (χ1) is 26.8. The fraction of sp³-hybridized carbons (Fsp3) is 0.511. The van der Waals surface area contributed by atoms with Gasteiger partial charge in [0.1, 0.15) is 11.8 Å². The fourth-order valence-corrected chi connectivity index (χ4v) is 8.55. The predicted molar refractivity (Wildman–Crippen MR) is 216 cm³/mol. The van der Waals surface area contributed by atoms with Crippen LogP contribution in [0, 0.1) is 31.6 Å². The van der Waals surface area contributed by atoms with Crippen molar-refractivity contribution in [2.45, 2.75) is 104 Å². The van der Waals surface area contributed by atoms with E-state index in [9.17, 15) is 24.3 Å². The number of hydrogen-bond donors (Lipinski definition) is 4. The Balaban J connectivity index is 1.32. The molecule has 1 saturated heterocycles. The summed E-state index contributed by atoms with van der Waals surface area (Å²) >= 11 is 0. The maximum atomic E-state index is 14.0. The minimum atomic E-state index is -1.05. The van der Waals surface area contributed by atoms with Crippen molar-refractivity contribution in [1.29, 1.82) is 0 Å². The third-order valence-corrected chi connectivity index (χ3v) is 11.6. The maximum Gasteiger partial charge on any atom is 0.318 e. The second-order valence-electron chi connectivity index (χ2n) is 15.9. The highest BCUT2D eigenvalue weighted by Crippen LogP contribution is 2.60. The van der Waals surface area contributed by atoms with Crippen LogP contribution in [0.3, 0.4) is 0 Å². The number of esters is 1. The Morgan fingerprint density at radius 3 is 2.05 bits per heavy atom. The van der Waals surface area contributed by atoms with Crippen LogP contribution in [0.4, 0.5) is 4.79 Å². The number of amides is 4. The third-order valence-electron chi connectivity index (χ3n) is 11.6. The number of aliphatic hydroxyl groups excluding tert-OH is 1. The van der Waals surface area contributed by atoms with Crippen LogP contribution in [0.1, 0.15) is 75.3 Å².